The van der Waals surface area contributed by atoms with Crippen molar-refractivity contribution in [1.82, 2.24) is 4.98 Å². The van der Waals surface area contributed by atoms with E-state index in [-0.39, 0.29) is 0 Å². The summed E-state index contributed by atoms with van der Waals surface area (Å²) in [6.07, 6.45) is 8.38. The molecule has 0 aliphatic heterocycles. The van der Waals surface area contributed by atoms with E-state index in [9.17, 15) is 5.11 Å². The van der Waals surface area contributed by atoms with Crippen LogP contribution in [0.4, 0.5) is 0 Å². The van der Waals surface area contributed by atoms with E-state index >= 15 is 0 Å². The molecule has 0 unspecified atom stereocenters. The number of aliphatic hydroxyl groups is 1. The molecule has 1 heterocycles. The number of aromatic amines is 1. The Balaban J connectivity index is 1.71. The molecule has 6 rings (SSSR count). The minimum atomic E-state index is -0.574. The molecule has 4 aliphatic carbocycles. The zero-order chi connectivity index (χ0) is 13.3. The fraction of sp³-hybridized carbons (Fsp3) is 0.556. The number of fused-ring (bicyclic) bond motifs is 1. The van der Waals surface area contributed by atoms with E-state index in [1.165, 1.54) is 43.1 Å². The van der Waals surface area contributed by atoms with Gasteiger partial charge in [0.1, 0.15) is 0 Å². The first-order valence-corrected chi connectivity index (χ1v) is 8.04. The molecule has 4 bridgehead atoms. The van der Waals surface area contributed by atoms with E-state index in [2.05, 4.69) is 29.2 Å². The van der Waals surface area contributed by atoms with Crippen molar-refractivity contribution in [3.63, 3.8) is 0 Å². The molecule has 0 radical (unpaired) electrons. The average Bonchev–Trinajstić information content (AvgIpc) is 2.92. The summed E-state index contributed by atoms with van der Waals surface area (Å²) < 4.78 is 0. The second kappa shape index (κ2) is 3.67. The van der Waals surface area contributed by atoms with Crippen molar-refractivity contribution in [2.24, 2.45) is 23.7 Å². The largest absolute Gasteiger partial charge is 0.385 e. The van der Waals surface area contributed by atoms with Crippen molar-refractivity contribution in [1.29, 1.82) is 0 Å². The van der Waals surface area contributed by atoms with Gasteiger partial charge in [0.2, 0.25) is 0 Å². The number of aromatic nitrogens is 1. The van der Waals surface area contributed by atoms with Crippen LogP contribution in [-0.2, 0) is 5.60 Å². The van der Waals surface area contributed by atoms with Gasteiger partial charge >= 0.3 is 0 Å². The highest BCUT2D eigenvalue weighted by atomic mass is 16.3. The third-order valence-corrected chi connectivity index (χ3v) is 6.41. The number of hydrogen-bond acceptors (Lipinski definition) is 1. The molecule has 20 heavy (non-hydrogen) atoms. The average molecular weight is 267 g/mol. The predicted molar refractivity (Wildman–Crippen MR) is 79.2 cm³/mol. The topological polar surface area (TPSA) is 36.0 Å². The summed E-state index contributed by atoms with van der Waals surface area (Å²) in [5.41, 5.74) is 1.77. The van der Waals surface area contributed by atoms with Gasteiger partial charge in [-0.15, -0.1) is 0 Å². The lowest BCUT2D eigenvalue weighted by Crippen LogP contribution is -2.55. The molecule has 104 valence electrons. The lowest BCUT2D eigenvalue weighted by atomic mass is 9.48. The van der Waals surface area contributed by atoms with Gasteiger partial charge in [-0.25, -0.2) is 0 Å². The van der Waals surface area contributed by atoms with Gasteiger partial charge in [0.15, 0.2) is 0 Å². The highest BCUT2D eigenvalue weighted by molar-refractivity contribution is 5.84. The summed E-state index contributed by atoms with van der Waals surface area (Å²) in [4.78, 5) is 3.29. The van der Waals surface area contributed by atoms with Crippen molar-refractivity contribution >= 4 is 10.9 Å². The number of benzene rings is 1. The van der Waals surface area contributed by atoms with Gasteiger partial charge in [0.25, 0.3) is 0 Å². The quantitative estimate of drug-likeness (QED) is 0.809. The standard InChI is InChI=1S/C18H21NO/c20-18(16-2-1-3-17-15(16)4-5-19-17)13-7-11-6-12(9-13)10-14(18)8-11/h1-5,11-14,19-20H,6-10H2. The van der Waals surface area contributed by atoms with Gasteiger partial charge in [-0.05, 0) is 73.5 Å². The molecule has 0 atom stereocenters. The highest BCUT2D eigenvalue weighted by Gasteiger charge is 2.57. The Kier molecular flexibility index (Phi) is 2.09. The van der Waals surface area contributed by atoms with Gasteiger partial charge in [-0.3, -0.25) is 0 Å². The molecule has 1 aromatic carbocycles. The van der Waals surface area contributed by atoms with Crippen LogP contribution in [0.25, 0.3) is 10.9 Å². The smallest absolute Gasteiger partial charge is 0.0959 e. The van der Waals surface area contributed by atoms with Crippen LogP contribution in [-0.4, -0.2) is 10.1 Å². The second-order valence-electron chi connectivity index (χ2n) is 7.37. The Bertz CT molecular complexity index is 643. The van der Waals surface area contributed by atoms with Crippen LogP contribution in [0.5, 0.6) is 0 Å². The minimum absolute atomic E-state index is 0.485. The van der Waals surface area contributed by atoms with Crippen LogP contribution < -0.4 is 0 Å². The van der Waals surface area contributed by atoms with Gasteiger partial charge in [0.05, 0.1) is 5.60 Å². The van der Waals surface area contributed by atoms with Crippen molar-refractivity contribution in [2.45, 2.75) is 37.7 Å². The van der Waals surface area contributed by atoms with Crippen molar-refractivity contribution in [2.75, 3.05) is 0 Å². The molecule has 2 heteroatoms. The Hall–Kier alpha value is -1.28. The maximum absolute atomic E-state index is 11.7. The van der Waals surface area contributed by atoms with E-state index in [0.717, 1.165) is 17.4 Å². The van der Waals surface area contributed by atoms with Gasteiger partial charge in [-0.1, -0.05) is 12.1 Å². The van der Waals surface area contributed by atoms with E-state index < -0.39 is 5.60 Å². The lowest BCUT2D eigenvalue weighted by Gasteiger charge is -2.59. The first-order valence-electron chi connectivity index (χ1n) is 8.04. The first-order chi connectivity index (χ1) is 9.75. The van der Waals surface area contributed by atoms with E-state index in [1.54, 1.807) is 0 Å². The van der Waals surface area contributed by atoms with Crippen LogP contribution in [0.1, 0.15) is 37.7 Å². The predicted octanol–water partition coefficient (Wildman–Crippen LogP) is 3.81. The highest BCUT2D eigenvalue weighted by Crippen LogP contribution is 2.62. The maximum Gasteiger partial charge on any atom is 0.0959 e. The number of H-pyrrole nitrogens is 1. The Morgan fingerprint density at radius 3 is 2.35 bits per heavy atom. The SMILES string of the molecule is OC1(c2cccc3[nH]ccc23)C2CC3CC(C2)CC1C3. The first kappa shape index (κ1) is 11.4. The van der Waals surface area contributed by atoms with E-state index in [0.29, 0.717) is 11.8 Å². The molecule has 0 saturated heterocycles. The van der Waals surface area contributed by atoms with Crippen LogP contribution in [0.2, 0.25) is 0 Å². The molecule has 0 spiro atoms. The molecule has 2 N–H and O–H groups in total. The van der Waals surface area contributed by atoms with Crippen LogP contribution >= 0.6 is 0 Å². The monoisotopic (exact) mass is 267 g/mol. The van der Waals surface area contributed by atoms with E-state index in [1.807, 2.05) is 6.20 Å². The normalized spacial score (nSPS) is 42.5. The summed E-state index contributed by atoms with van der Waals surface area (Å²) in [6.45, 7) is 0. The minimum Gasteiger partial charge on any atom is -0.385 e. The van der Waals surface area contributed by atoms with Gasteiger partial charge < -0.3 is 10.1 Å². The van der Waals surface area contributed by atoms with Crippen LogP contribution in [0.3, 0.4) is 0 Å². The third-order valence-electron chi connectivity index (χ3n) is 6.41. The van der Waals surface area contributed by atoms with Crippen molar-refractivity contribution < 1.29 is 5.11 Å². The molecular weight excluding hydrogens is 246 g/mol. The number of nitrogens with one attached hydrogen (secondary N) is 1. The molecule has 1 aromatic heterocycles. The Morgan fingerprint density at radius 1 is 0.950 bits per heavy atom. The summed E-state index contributed by atoms with van der Waals surface area (Å²) in [7, 11) is 0. The molecule has 4 saturated carbocycles. The number of rotatable bonds is 1. The zero-order valence-electron chi connectivity index (χ0n) is 11.7. The lowest BCUT2D eigenvalue weighted by molar-refractivity contribution is -0.178. The maximum atomic E-state index is 11.7. The van der Waals surface area contributed by atoms with Crippen molar-refractivity contribution in [3.05, 3.63) is 36.0 Å². The van der Waals surface area contributed by atoms with Crippen LogP contribution in [0.15, 0.2) is 30.5 Å². The second-order valence-corrected chi connectivity index (χ2v) is 7.37. The Morgan fingerprint density at radius 2 is 1.65 bits per heavy atom. The zero-order valence-corrected chi connectivity index (χ0v) is 11.7. The van der Waals surface area contributed by atoms with Gasteiger partial charge in [0, 0.05) is 17.1 Å². The molecule has 2 nitrogen and oxygen atoms in total. The summed E-state index contributed by atoms with van der Waals surface area (Å²) in [5, 5.41) is 12.9. The third kappa shape index (κ3) is 1.28. The molecule has 4 fully saturated rings. The fourth-order valence-corrected chi connectivity index (χ4v) is 5.78. The van der Waals surface area contributed by atoms with Crippen molar-refractivity contribution in [3.8, 4) is 0 Å². The Labute approximate surface area is 119 Å². The summed E-state index contributed by atoms with van der Waals surface area (Å²) in [5.74, 6) is 2.75. The summed E-state index contributed by atoms with van der Waals surface area (Å²) >= 11 is 0. The van der Waals surface area contributed by atoms with Crippen LogP contribution in [0, 0.1) is 23.7 Å². The molecule has 2 aromatic rings. The van der Waals surface area contributed by atoms with E-state index in [4.69, 9.17) is 0 Å². The summed E-state index contributed by atoms with van der Waals surface area (Å²) in [6, 6.07) is 8.50. The molecular formula is C18H21NO. The van der Waals surface area contributed by atoms with Gasteiger partial charge in [-0.2, -0.15) is 0 Å². The molecule has 0 amide bonds. The molecule has 4 aliphatic rings. The number of hydrogen-bond donors (Lipinski definition) is 2. The fourth-order valence-electron chi connectivity index (χ4n) is 5.78.